The Kier molecular flexibility index (Phi) is 4.41. The van der Waals surface area contributed by atoms with Crippen molar-refractivity contribution in [1.82, 2.24) is 4.98 Å². The molecule has 4 rings (SSSR count). The van der Waals surface area contributed by atoms with Gasteiger partial charge in [0.15, 0.2) is 0 Å². The molecule has 3 N–H and O–H groups in total. The molecule has 142 valence electrons. The van der Waals surface area contributed by atoms with E-state index in [1.54, 1.807) is 36.6 Å². The maximum atomic E-state index is 12.1. The Morgan fingerprint density at radius 2 is 2.19 bits per heavy atom. The first kappa shape index (κ1) is 18.0. The van der Waals surface area contributed by atoms with Crippen LogP contribution in [-0.2, 0) is 16.8 Å². The predicted molar refractivity (Wildman–Crippen MR) is 100 cm³/mol. The number of aryl methyl sites for hydroxylation is 2. The average molecular weight is 388 g/mol. The first-order valence-electron chi connectivity index (χ1n) is 8.54. The van der Waals surface area contributed by atoms with Crippen molar-refractivity contribution >= 4 is 28.2 Å². The van der Waals surface area contributed by atoms with Gasteiger partial charge in [0.1, 0.15) is 23.7 Å². The van der Waals surface area contributed by atoms with E-state index in [0.717, 1.165) is 9.88 Å². The summed E-state index contributed by atoms with van der Waals surface area (Å²) in [5.41, 5.74) is 6.53. The van der Waals surface area contributed by atoms with E-state index in [1.165, 1.54) is 0 Å². The molecule has 0 unspecified atom stereocenters. The smallest absolute Gasteiger partial charge is 0.252 e. The van der Waals surface area contributed by atoms with Crippen LogP contribution in [0.1, 0.15) is 31.6 Å². The fourth-order valence-corrected chi connectivity index (χ4v) is 4.23. The van der Waals surface area contributed by atoms with E-state index >= 15 is 0 Å². The zero-order chi connectivity index (χ0) is 19.2. The summed E-state index contributed by atoms with van der Waals surface area (Å²) < 4.78 is 17.2. The van der Waals surface area contributed by atoms with Crippen molar-refractivity contribution in [1.29, 1.82) is 0 Å². The molecule has 3 aromatic rings. The summed E-state index contributed by atoms with van der Waals surface area (Å²) in [6, 6.07) is 3.56. The van der Waals surface area contributed by atoms with Crippen molar-refractivity contribution in [2.75, 3.05) is 19.8 Å². The number of amides is 1. The molecule has 3 heterocycles. The number of hydrogen-bond acceptors (Lipinski definition) is 7. The highest BCUT2D eigenvalue weighted by Gasteiger charge is 2.44. The number of nitrogens with zero attached hydrogens (tertiary/aromatic N) is 1. The zero-order valence-electron chi connectivity index (χ0n) is 15.1. The van der Waals surface area contributed by atoms with Gasteiger partial charge in [0.25, 0.3) is 5.91 Å². The van der Waals surface area contributed by atoms with Crippen molar-refractivity contribution in [2.24, 2.45) is 5.73 Å². The number of carbonyl (C=O) groups is 1. The number of rotatable bonds is 6. The van der Waals surface area contributed by atoms with Crippen molar-refractivity contribution in [3.8, 4) is 5.75 Å². The number of hydrogen-bond donors (Lipinski definition) is 2. The fraction of sp³-hybridized carbons (Fsp3) is 0.368. The summed E-state index contributed by atoms with van der Waals surface area (Å²) in [6.45, 7) is 4.51. The van der Waals surface area contributed by atoms with Crippen LogP contribution in [0.2, 0.25) is 0 Å². The highest BCUT2D eigenvalue weighted by molar-refractivity contribution is 7.11. The highest BCUT2D eigenvalue weighted by atomic mass is 32.1. The van der Waals surface area contributed by atoms with Gasteiger partial charge in [-0.1, -0.05) is 0 Å². The number of carbonyl (C=O) groups excluding carboxylic acids is 1. The summed E-state index contributed by atoms with van der Waals surface area (Å²) in [5, 5.41) is 11.7. The Balaban J connectivity index is 1.87. The lowest BCUT2D eigenvalue weighted by Crippen LogP contribution is -2.50. The van der Waals surface area contributed by atoms with Crippen LogP contribution >= 0.6 is 11.3 Å². The molecule has 0 spiro atoms. The van der Waals surface area contributed by atoms with Crippen LogP contribution in [0.15, 0.2) is 22.7 Å². The van der Waals surface area contributed by atoms with Crippen LogP contribution in [0.3, 0.4) is 0 Å². The second-order valence-electron chi connectivity index (χ2n) is 6.77. The first-order chi connectivity index (χ1) is 12.9. The molecule has 0 radical (unpaired) electrons. The third-order valence-electron chi connectivity index (χ3n) is 4.87. The Morgan fingerprint density at radius 3 is 2.74 bits per heavy atom. The minimum atomic E-state index is -0.654. The number of aromatic nitrogens is 1. The molecule has 1 saturated heterocycles. The average Bonchev–Trinajstić information content (AvgIpc) is 3.15. The molecule has 1 fully saturated rings. The third kappa shape index (κ3) is 2.90. The van der Waals surface area contributed by atoms with Crippen molar-refractivity contribution in [2.45, 2.75) is 25.9 Å². The summed E-state index contributed by atoms with van der Waals surface area (Å²) in [4.78, 5) is 17.3. The van der Waals surface area contributed by atoms with Crippen LogP contribution in [0.25, 0.3) is 11.0 Å². The Morgan fingerprint density at radius 1 is 1.41 bits per heavy atom. The molecule has 0 saturated carbocycles. The predicted octanol–water partition coefficient (Wildman–Crippen LogP) is 2.44. The van der Waals surface area contributed by atoms with Crippen LogP contribution in [0.5, 0.6) is 5.75 Å². The Labute approximate surface area is 159 Å². The minimum absolute atomic E-state index is 0.134. The van der Waals surface area contributed by atoms with Gasteiger partial charge in [-0.3, -0.25) is 4.79 Å². The van der Waals surface area contributed by atoms with Gasteiger partial charge in [-0.05, 0) is 26.0 Å². The number of aliphatic hydroxyl groups is 1. The van der Waals surface area contributed by atoms with Crippen molar-refractivity contribution in [3.05, 3.63) is 45.1 Å². The van der Waals surface area contributed by atoms with E-state index < -0.39 is 11.3 Å². The maximum Gasteiger partial charge on any atom is 0.252 e. The van der Waals surface area contributed by atoms with Gasteiger partial charge >= 0.3 is 0 Å². The van der Waals surface area contributed by atoms with E-state index in [0.29, 0.717) is 53.4 Å². The van der Waals surface area contributed by atoms with Crippen molar-refractivity contribution in [3.63, 3.8) is 0 Å². The number of thiazole rings is 1. The van der Waals surface area contributed by atoms with Gasteiger partial charge in [-0.2, -0.15) is 0 Å². The molecule has 0 bridgehead atoms. The van der Waals surface area contributed by atoms with Gasteiger partial charge in [0.05, 0.1) is 40.7 Å². The molecule has 1 aliphatic rings. The quantitative estimate of drug-likeness (QED) is 0.672. The minimum Gasteiger partial charge on any atom is -0.488 e. The van der Waals surface area contributed by atoms with E-state index in [4.69, 9.17) is 19.6 Å². The molecule has 7 nitrogen and oxygen atoms in total. The van der Waals surface area contributed by atoms with Gasteiger partial charge in [0.2, 0.25) is 0 Å². The highest BCUT2D eigenvalue weighted by Crippen LogP contribution is 2.45. The third-order valence-corrected chi connectivity index (χ3v) is 5.76. The number of fused-ring (bicyclic) bond motifs is 1. The Bertz CT molecular complexity index is 1010. The second kappa shape index (κ2) is 6.63. The number of primary amides is 1. The van der Waals surface area contributed by atoms with Gasteiger partial charge in [-0.25, -0.2) is 4.98 Å². The summed E-state index contributed by atoms with van der Waals surface area (Å²) in [5.74, 6) is 0.451. The number of furan rings is 1. The Hall–Kier alpha value is -2.42. The molecule has 0 atom stereocenters. The molecule has 1 aromatic carbocycles. The second-order valence-corrected chi connectivity index (χ2v) is 8.09. The SMILES string of the molecule is Cc1ncc(COc2ccc3oc(C)c(C(N)=O)c3c2C2(CO)COC2)s1. The molecule has 1 amide bonds. The topological polar surface area (TPSA) is 108 Å². The van der Waals surface area contributed by atoms with Crippen LogP contribution < -0.4 is 10.5 Å². The van der Waals surface area contributed by atoms with Gasteiger partial charge in [-0.15, -0.1) is 11.3 Å². The molecule has 8 heteroatoms. The zero-order valence-corrected chi connectivity index (χ0v) is 15.9. The van der Waals surface area contributed by atoms with E-state index in [2.05, 4.69) is 4.98 Å². The molecule has 0 aliphatic carbocycles. The fourth-order valence-electron chi connectivity index (χ4n) is 3.52. The normalized spacial score (nSPS) is 15.7. The lowest BCUT2D eigenvalue weighted by atomic mass is 9.76. The standard InChI is InChI=1S/C19H20N2O5S/c1-10-15(18(20)23)16-13(26-10)3-4-14(17(16)19(7-22)8-24-9-19)25-6-12-5-21-11(2)27-12/h3-5,22H,6-9H2,1-2H3,(H2,20,23). The van der Waals surface area contributed by atoms with Crippen molar-refractivity contribution < 1.29 is 23.8 Å². The van der Waals surface area contributed by atoms with E-state index in [1.807, 2.05) is 6.92 Å². The summed E-state index contributed by atoms with van der Waals surface area (Å²) >= 11 is 1.56. The number of ether oxygens (including phenoxy) is 2. The lowest BCUT2D eigenvalue weighted by Gasteiger charge is -2.41. The first-order valence-corrected chi connectivity index (χ1v) is 9.36. The largest absolute Gasteiger partial charge is 0.488 e. The van der Waals surface area contributed by atoms with Crippen LogP contribution in [0.4, 0.5) is 0 Å². The maximum absolute atomic E-state index is 12.1. The summed E-state index contributed by atoms with van der Waals surface area (Å²) in [7, 11) is 0. The number of benzene rings is 1. The van der Waals surface area contributed by atoms with Gasteiger partial charge < -0.3 is 24.7 Å². The van der Waals surface area contributed by atoms with Crippen LogP contribution in [0, 0.1) is 13.8 Å². The monoisotopic (exact) mass is 388 g/mol. The molecule has 2 aromatic heterocycles. The van der Waals surface area contributed by atoms with E-state index in [9.17, 15) is 9.90 Å². The van der Waals surface area contributed by atoms with E-state index in [-0.39, 0.29) is 6.61 Å². The molecule has 27 heavy (non-hydrogen) atoms. The number of nitrogens with two attached hydrogens (primary N) is 1. The molecular weight excluding hydrogens is 368 g/mol. The van der Waals surface area contributed by atoms with Crippen LogP contribution in [-0.4, -0.2) is 35.8 Å². The summed E-state index contributed by atoms with van der Waals surface area (Å²) in [6.07, 6.45) is 1.78. The number of aliphatic hydroxyl groups excluding tert-OH is 1. The lowest BCUT2D eigenvalue weighted by molar-refractivity contribution is -0.0844. The molecule has 1 aliphatic heterocycles. The van der Waals surface area contributed by atoms with Gasteiger partial charge in [0, 0.05) is 17.1 Å². The molecular formula is C19H20N2O5S.